The monoisotopic (exact) mass is 277 g/mol. The molecule has 5 heteroatoms. The zero-order valence-corrected chi connectivity index (χ0v) is 12.0. The lowest BCUT2D eigenvalue weighted by Crippen LogP contribution is -2.38. The number of ether oxygens (including phenoxy) is 1. The van der Waals surface area contributed by atoms with Gasteiger partial charge < -0.3 is 20.5 Å². The number of phenols is 1. The third-order valence-electron chi connectivity index (χ3n) is 3.64. The molecule has 1 heterocycles. The van der Waals surface area contributed by atoms with Crippen molar-refractivity contribution in [3.05, 3.63) is 23.8 Å². The van der Waals surface area contributed by atoms with Gasteiger partial charge in [0.25, 0.3) is 0 Å². The van der Waals surface area contributed by atoms with E-state index >= 15 is 0 Å². The molecule has 1 aromatic rings. The van der Waals surface area contributed by atoms with Crippen molar-refractivity contribution in [3.63, 3.8) is 0 Å². The molecule has 0 saturated carbocycles. The molecule has 1 aromatic carbocycles. The van der Waals surface area contributed by atoms with Gasteiger partial charge in [0.15, 0.2) is 17.5 Å². The number of nitrogens with two attached hydrogens (primary N) is 1. The minimum Gasteiger partial charge on any atom is -0.504 e. The van der Waals surface area contributed by atoms with Crippen LogP contribution in [-0.4, -0.2) is 36.2 Å². The van der Waals surface area contributed by atoms with Gasteiger partial charge in [0, 0.05) is 18.7 Å². The van der Waals surface area contributed by atoms with Gasteiger partial charge >= 0.3 is 0 Å². The Morgan fingerprint density at radius 1 is 1.30 bits per heavy atom. The second-order valence-corrected chi connectivity index (χ2v) is 5.04. The normalized spacial score (nSPS) is 16.9. The van der Waals surface area contributed by atoms with E-state index in [1.165, 1.54) is 32.8 Å². The molecule has 0 spiro atoms. The molecular formula is C15H23N3O2. The molecule has 0 radical (unpaired) electrons. The Morgan fingerprint density at radius 3 is 2.65 bits per heavy atom. The average molecular weight is 277 g/mol. The van der Waals surface area contributed by atoms with E-state index < -0.39 is 0 Å². The summed E-state index contributed by atoms with van der Waals surface area (Å²) < 4.78 is 5.09. The van der Waals surface area contributed by atoms with Crippen molar-refractivity contribution in [2.24, 2.45) is 10.7 Å². The summed E-state index contributed by atoms with van der Waals surface area (Å²) in [5.41, 5.74) is 6.77. The van der Waals surface area contributed by atoms with E-state index in [9.17, 15) is 5.11 Å². The molecule has 0 amide bonds. The fraction of sp³-hybridized carbons (Fsp3) is 0.533. The molecule has 0 aliphatic carbocycles. The van der Waals surface area contributed by atoms with Crippen LogP contribution in [0, 0.1) is 0 Å². The number of hydrogen-bond donors (Lipinski definition) is 2. The minimum absolute atomic E-state index is 0.141. The maximum absolute atomic E-state index is 10.0. The quantitative estimate of drug-likeness (QED) is 0.655. The minimum atomic E-state index is 0.141. The van der Waals surface area contributed by atoms with Crippen LogP contribution < -0.4 is 10.5 Å². The van der Waals surface area contributed by atoms with Crippen molar-refractivity contribution in [2.75, 3.05) is 20.2 Å². The fourth-order valence-corrected chi connectivity index (χ4v) is 2.43. The lowest BCUT2D eigenvalue weighted by molar-refractivity contribution is 0.370. The largest absolute Gasteiger partial charge is 0.504 e. The van der Waals surface area contributed by atoms with Crippen LogP contribution in [0.15, 0.2) is 23.2 Å². The molecule has 1 aliphatic rings. The summed E-state index contributed by atoms with van der Waals surface area (Å²) in [6.07, 6.45) is 4.86. The molecular weight excluding hydrogens is 254 g/mol. The number of phenolic OH excluding ortho intramolecular Hbond substituents is 1. The highest BCUT2D eigenvalue weighted by molar-refractivity contribution is 5.78. The average Bonchev–Trinajstić information content (AvgIpc) is 2.75. The smallest absolute Gasteiger partial charge is 0.191 e. The van der Waals surface area contributed by atoms with E-state index in [4.69, 9.17) is 10.5 Å². The highest BCUT2D eigenvalue weighted by Gasteiger charge is 2.11. The van der Waals surface area contributed by atoms with E-state index in [-0.39, 0.29) is 5.75 Å². The molecule has 1 saturated heterocycles. The third-order valence-corrected chi connectivity index (χ3v) is 3.64. The van der Waals surface area contributed by atoms with Crippen molar-refractivity contribution in [1.29, 1.82) is 0 Å². The summed E-state index contributed by atoms with van der Waals surface area (Å²) in [4.78, 5) is 6.53. The molecule has 5 nitrogen and oxygen atoms in total. The van der Waals surface area contributed by atoms with Gasteiger partial charge in [-0.25, -0.2) is 4.99 Å². The number of para-hydroxylation sites is 1. The van der Waals surface area contributed by atoms with Gasteiger partial charge in [-0.15, -0.1) is 0 Å². The van der Waals surface area contributed by atoms with Crippen molar-refractivity contribution >= 4 is 5.96 Å². The first-order valence-electron chi connectivity index (χ1n) is 7.12. The van der Waals surface area contributed by atoms with Crippen LogP contribution in [-0.2, 0) is 6.54 Å². The number of likely N-dealkylation sites (tertiary alicyclic amines) is 1. The van der Waals surface area contributed by atoms with Gasteiger partial charge in [0.05, 0.1) is 13.7 Å². The lowest BCUT2D eigenvalue weighted by atomic mass is 10.2. The van der Waals surface area contributed by atoms with Crippen LogP contribution >= 0.6 is 0 Å². The number of methoxy groups -OCH3 is 1. The number of hydrogen-bond acceptors (Lipinski definition) is 3. The highest BCUT2D eigenvalue weighted by atomic mass is 16.5. The molecule has 0 unspecified atom stereocenters. The Bertz CT molecular complexity index is 466. The number of rotatable bonds is 3. The van der Waals surface area contributed by atoms with Crippen LogP contribution in [0.5, 0.6) is 11.5 Å². The topological polar surface area (TPSA) is 71.1 Å². The predicted octanol–water partition coefficient (Wildman–Crippen LogP) is 2.09. The van der Waals surface area contributed by atoms with E-state index in [0.717, 1.165) is 18.7 Å². The highest BCUT2D eigenvalue weighted by Crippen LogP contribution is 2.29. The number of nitrogens with zero attached hydrogens (tertiary/aromatic N) is 2. The van der Waals surface area contributed by atoms with E-state index in [1.807, 2.05) is 12.1 Å². The summed E-state index contributed by atoms with van der Waals surface area (Å²) >= 11 is 0. The van der Waals surface area contributed by atoms with Crippen LogP contribution in [0.1, 0.15) is 31.2 Å². The summed E-state index contributed by atoms with van der Waals surface area (Å²) in [6, 6.07) is 5.39. The number of aliphatic imine (C=N–C) groups is 1. The maximum atomic E-state index is 10.0. The van der Waals surface area contributed by atoms with Gasteiger partial charge in [0.1, 0.15) is 0 Å². The second-order valence-electron chi connectivity index (χ2n) is 5.04. The number of aromatic hydroxyl groups is 1. The molecule has 3 N–H and O–H groups in total. The summed E-state index contributed by atoms with van der Waals surface area (Å²) in [5.74, 6) is 1.17. The van der Waals surface area contributed by atoms with Gasteiger partial charge in [-0.3, -0.25) is 0 Å². The molecule has 1 fully saturated rings. The summed E-state index contributed by atoms with van der Waals surface area (Å²) in [6.45, 7) is 2.31. The number of benzene rings is 1. The van der Waals surface area contributed by atoms with Crippen LogP contribution in [0.25, 0.3) is 0 Å². The van der Waals surface area contributed by atoms with E-state index in [0.29, 0.717) is 18.3 Å². The molecule has 20 heavy (non-hydrogen) atoms. The Hall–Kier alpha value is -1.91. The third kappa shape index (κ3) is 3.56. The van der Waals surface area contributed by atoms with Crippen molar-refractivity contribution in [2.45, 2.75) is 32.2 Å². The lowest BCUT2D eigenvalue weighted by Gasteiger charge is -2.21. The SMILES string of the molecule is COc1cccc(CN=C(N)N2CCCCCC2)c1O. The van der Waals surface area contributed by atoms with Crippen molar-refractivity contribution in [1.82, 2.24) is 4.90 Å². The first-order chi connectivity index (χ1) is 9.72. The first kappa shape index (κ1) is 14.5. The summed E-state index contributed by atoms with van der Waals surface area (Å²) in [5, 5.41) is 10.0. The van der Waals surface area contributed by atoms with Crippen LogP contribution in [0.3, 0.4) is 0 Å². The molecule has 1 aliphatic heterocycles. The first-order valence-corrected chi connectivity index (χ1v) is 7.12. The van der Waals surface area contributed by atoms with E-state index in [1.54, 1.807) is 6.07 Å². The van der Waals surface area contributed by atoms with Gasteiger partial charge in [-0.2, -0.15) is 0 Å². The van der Waals surface area contributed by atoms with Crippen molar-refractivity contribution < 1.29 is 9.84 Å². The Labute approximate surface area is 120 Å². The van der Waals surface area contributed by atoms with E-state index in [2.05, 4.69) is 9.89 Å². The second kappa shape index (κ2) is 7.03. The summed E-state index contributed by atoms with van der Waals surface area (Å²) in [7, 11) is 1.54. The van der Waals surface area contributed by atoms with Gasteiger partial charge in [-0.05, 0) is 18.9 Å². The molecule has 0 aromatic heterocycles. The number of guanidine groups is 1. The molecule has 0 bridgehead atoms. The molecule has 110 valence electrons. The van der Waals surface area contributed by atoms with Gasteiger partial charge in [-0.1, -0.05) is 25.0 Å². The zero-order chi connectivity index (χ0) is 14.4. The molecule has 2 rings (SSSR count). The standard InChI is InChI=1S/C15H23N3O2/c1-20-13-8-6-7-12(14(13)19)11-17-15(16)18-9-4-2-3-5-10-18/h6-8,19H,2-5,9-11H2,1H3,(H2,16,17). The maximum Gasteiger partial charge on any atom is 0.191 e. The Balaban J connectivity index is 2.04. The Morgan fingerprint density at radius 2 is 2.00 bits per heavy atom. The zero-order valence-electron chi connectivity index (χ0n) is 12.0. The van der Waals surface area contributed by atoms with Crippen molar-refractivity contribution in [3.8, 4) is 11.5 Å². The predicted molar refractivity (Wildman–Crippen MR) is 80.0 cm³/mol. The fourth-order valence-electron chi connectivity index (χ4n) is 2.43. The van der Waals surface area contributed by atoms with Crippen LogP contribution in [0.4, 0.5) is 0 Å². The van der Waals surface area contributed by atoms with Crippen LogP contribution in [0.2, 0.25) is 0 Å². The molecule has 0 atom stereocenters. The Kier molecular flexibility index (Phi) is 5.09. The van der Waals surface area contributed by atoms with Gasteiger partial charge in [0.2, 0.25) is 0 Å².